The number of hydrogen-bond donors (Lipinski definition) is 1. The van der Waals surface area contributed by atoms with E-state index in [0.29, 0.717) is 28.8 Å². The highest BCUT2D eigenvalue weighted by atomic mass is 35.5. The Balaban J connectivity index is 1.86. The van der Waals surface area contributed by atoms with Gasteiger partial charge < -0.3 is 9.84 Å². The van der Waals surface area contributed by atoms with E-state index in [9.17, 15) is 5.11 Å². The van der Waals surface area contributed by atoms with Gasteiger partial charge in [-0.1, -0.05) is 23.2 Å². The van der Waals surface area contributed by atoms with Crippen LogP contribution in [-0.2, 0) is 12.8 Å². The summed E-state index contributed by atoms with van der Waals surface area (Å²) in [5.41, 5.74) is 2.60. The minimum absolute atomic E-state index is 0.414. The van der Waals surface area contributed by atoms with E-state index in [1.165, 1.54) is 6.20 Å². The molecule has 1 aromatic heterocycles. The van der Waals surface area contributed by atoms with Crippen molar-refractivity contribution in [2.45, 2.75) is 18.9 Å². The number of pyridine rings is 1. The fraction of sp³-hybridized carbons (Fsp3) is 0.267. The van der Waals surface area contributed by atoms with Gasteiger partial charge in [0.15, 0.2) is 0 Å². The molecule has 0 aliphatic carbocycles. The summed E-state index contributed by atoms with van der Waals surface area (Å²) in [5.74, 6) is 0.849. The van der Waals surface area contributed by atoms with Crippen LogP contribution in [0.3, 0.4) is 0 Å². The fourth-order valence-electron chi connectivity index (χ4n) is 2.39. The second kappa shape index (κ2) is 5.60. The molecule has 0 saturated heterocycles. The summed E-state index contributed by atoms with van der Waals surface area (Å²) in [6.07, 6.45) is 2.09. The van der Waals surface area contributed by atoms with Gasteiger partial charge >= 0.3 is 0 Å². The lowest BCUT2D eigenvalue weighted by molar-refractivity contribution is 0.172. The first-order chi connectivity index (χ1) is 9.63. The highest BCUT2D eigenvalue weighted by molar-refractivity contribution is 6.31. The van der Waals surface area contributed by atoms with Crippen molar-refractivity contribution in [3.8, 4) is 5.75 Å². The first kappa shape index (κ1) is 13.7. The number of halogens is 2. The zero-order valence-corrected chi connectivity index (χ0v) is 12.2. The first-order valence-electron chi connectivity index (χ1n) is 6.37. The maximum atomic E-state index is 10.3. The van der Waals surface area contributed by atoms with Crippen LogP contribution >= 0.6 is 23.2 Å². The first-order valence-corrected chi connectivity index (χ1v) is 7.12. The largest absolute Gasteiger partial charge is 0.493 e. The molecular formula is C15H13Cl2NO2. The van der Waals surface area contributed by atoms with E-state index in [1.54, 1.807) is 12.1 Å². The summed E-state index contributed by atoms with van der Waals surface area (Å²) in [5, 5.41) is 11.5. The third-order valence-corrected chi connectivity index (χ3v) is 3.77. The number of fused-ring (bicyclic) bond motifs is 1. The van der Waals surface area contributed by atoms with Crippen molar-refractivity contribution in [2.24, 2.45) is 0 Å². The molecule has 3 rings (SSSR count). The molecular weight excluding hydrogens is 297 g/mol. The lowest BCUT2D eigenvalue weighted by Gasteiger charge is -2.13. The Morgan fingerprint density at radius 2 is 2.10 bits per heavy atom. The molecule has 0 bridgehead atoms. The fourth-order valence-corrected chi connectivity index (χ4v) is 2.77. The summed E-state index contributed by atoms with van der Waals surface area (Å²) in [7, 11) is 0. The maximum absolute atomic E-state index is 10.3. The molecule has 1 aromatic carbocycles. The standard InChI is InChI=1S/C15H13Cl2NO2/c16-11-1-2-13(18-8-11)14(19)7-10-6-12(17)5-9-3-4-20-15(9)10/h1-2,5-6,8,14,19H,3-4,7H2. The van der Waals surface area contributed by atoms with Crippen LogP contribution in [0.15, 0.2) is 30.5 Å². The molecule has 1 aliphatic heterocycles. The molecule has 2 aromatic rings. The maximum Gasteiger partial charge on any atom is 0.126 e. The van der Waals surface area contributed by atoms with Gasteiger partial charge in [0.05, 0.1) is 17.3 Å². The SMILES string of the molecule is OC(Cc1cc(Cl)cc2c1OCC2)c1ccc(Cl)cn1. The molecule has 0 fully saturated rings. The van der Waals surface area contributed by atoms with Crippen molar-refractivity contribution < 1.29 is 9.84 Å². The van der Waals surface area contributed by atoms with Crippen LogP contribution < -0.4 is 4.74 Å². The molecule has 1 unspecified atom stereocenters. The predicted octanol–water partition coefficient (Wildman–Crippen LogP) is 3.60. The molecule has 0 amide bonds. The van der Waals surface area contributed by atoms with Gasteiger partial charge in [0.2, 0.25) is 0 Å². The molecule has 1 N–H and O–H groups in total. The second-order valence-electron chi connectivity index (χ2n) is 4.77. The van der Waals surface area contributed by atoms with Crippen molar-refractivity contribution in [2.75, 3.05) is 6.61 Å². The number of benzene rings is 1. The molecule has 0 radical (unpaired) electrons. The molecule has 2 heterocycles. The van der Waals surface area contributed by atoms with E-state index >= 15 is 0 Å². The minimum Gasteiger partial charge on any atom is -0.493 e. The third kappa shape index (κ3) is 2.75. The average molecular weight is 310 g/mol. The number of hydrogen-bond acceptors (Lipinski definition) is 3. The number of nitrogens with zero attached hydrogens (tertiary/aromatic N) is 1. The predicted molar refractivity (Wildman–Crippen MR) is 78.6 cm³/mol. The molecule has 1 aliphatic rings. The van der Waals surface area contributed by atoms with Gasteiger partial charge in [-0.2, -0.15) is 0 Å². The zero-order chi connectivity index (χ0) is 14.1. The Bertz CT molecular complexity index is 629. The normalized spacial score (nSPS) is 14.8. The Labute approximate surface area is 127 Å². The van der Waals surface area contributed by atoms with Gasteiger partial charge in [0, 0.05) is 24.1 Å². The number of aromatic nitrogens is 1. The van der Waals surface area contributed by atoms with Crippen molar-refractivity contribution in [1.82, 2.24) is 4.98 Å². The summed E-state index contributed by atoms with van der Waals surface area (Å²) < 4.78 is 5.63. The van der Waals surface area contributed by atoms with Gasteiger partial charge in [-0.15, -0.1) is 0 Å². The van der Waals surface area contributed by atoms with E-state index in [4.69, 9.17) is 27.9 Å². The van der Waals surface area contributed by atoms with Gasteiger partial charge in [0.25, 0.3) is 0 Å². The molecule has 0 saturated carbocycles. The molecule has 3 nitrogen and oxygen atoms in total. The van der Waals surface area contributed by atoms with Crippen LogP contribution in [0, 0.1) is 0 Å². The topological polar surface area (TPSA) is 42.4 Å². The van der Waals surface area contributed by atoms with Crippen LogP contribution in [0.1, 0.15) is 22.9 Å². The summed E-state index contributed by atoms with van der Waals surface area (Å²) in [4.78, 5) is 4.13. The van der Waals surface area contributed by atoms with E-state index < -0.39 is 6.10 Å². The van der Waals surface area contributed by atoms with Gasteiger partial charge in [0.1, 0.15) is 11.9 Å². The summed E-state index contributed by atoms with van der Waals surface area (Å²) in [6.45, 7) is 0.665. The van der Waals surface area contributed by atoms with Crippen LogP contribution in [0.2, 0.25) is 10.0 Å². The van der Waals surface area contributed by atoms with E-state index in [0.717, 1.165) is 23.3 Å². The Morgan fingerprint density at radius 3 is 2.85 bits per heavy atom. The molecule has 20 heavy (non-hydrogen) atoms. The molecule has 104 valence electrons. The molecule has 1 atom stereocenters. The number of ether oxygens (including phenoxy) is 1. The molecule has 5 heteroatoms. The van der Waals surface area contributed by atoms with Crippen LogP contribution in [-0.4, -0.2) is 16.7 Å². The monoisotopic (exact) mass is 309 g/mol. The highest BCUT2D eigenvalue weighted by Gasteiger charge is 2.20. The molecule has 0 spiro atoms. The zero-order valence-electron chi connectivity index (χ0n) is 10.6. The van der Waals surface area contributed by atoms with E-state index in [-0.39, 0.29) is 0 Å². The number of aliphatic hydroxyl groups is 1. The van der Waals surface area contributed by atoms with Gasteiger partial charge in [-0.05, 0) is 35.4 Å². The van der Waals surface area contributed by atoms with Crippen molar-refractivity contribution in [3.63, 3.8) is 0 Å². The van der Waals surface area contributed by atoms with E-state index in [1.807, 2.05) is 12.1 Å². The Morgan fingerprint density at radius 1 is 1.25 bits per heavy atom. The average Bonchev–Trinajstić information content (AvgIpc) is 2.87. The van der Waals surface area contributed by atoms with Crippen molar-refractivity contribution >= 4 is 23.2 Å². The van der Waals surface area contributed by atoms with Gasteiger partial charge in [-0.25, -0.2) is 0 Å². The summed E-state index contributed by atoms with van der Waals surface area (Å²) in [6, 6.07) is 7.19. The smallest absolute Gasteiger partial charge is 0.126 e. The lowest BCUT2D eigenvalue weighted by Crippen LogP contribution is -2.05. The third-order valence-electron chi connectivity index (χ3n) is 3.33. The van der Waals surface area contributed by atoms with Crippen molar-refractivity contribution in [3.05, 3.63) is 57.3 Å². The minimum atomic E-state index is -0.709. The Kier molecular flexibility index (Phi) is 3.83. The van der Waals surface area contributed by atoms with Crippen LogP contribution in [0.25, 0.3) is 0 Å². The second-order valence-corrected chi connectivity index (χ2v) is 5.65. The quantitative estimate of drug-likeness (QED) is 0.942. The highest BCUT2D eigenvalue weighted by Crippen LogP contribution is 2.35. The van der Waals surface area contributed by atoms with Crippen LogP contribution in [0.4, 0.5) is 0 Å². The lowest BCUT2D eigenvalue weighted by atomic mass is 10.0. The van der Waals surface area contributed by atoms with Crippen LogP contribution in [0.5, 0.6) is 5.75 Å². The number of aliphatic hydroxyl groups excluding tert-OH is 1. The van der Waals surface area contributed by atoms with E-state index in [2.05, 4.69) is 4.98 Å². The van der Waals surface area contributed by atoms with Gasteiger partial charge in [-0.3, -0.25) is 4.98 Å². The Hall–Kier alpha value is -1.29. The van der Waals surface area contributed by atoms with Crippen molar-refractivity contribution in [1.29, 1.82) is 0 Å². The summed E-state index contributed by atoms with van der Waals surface area (Å²) >= 11 is 11.9. The number of rotatable bonds is 3.